The van der Waals surface area contributed by atoms with Crippen molar-refractivity contribution in [3.8, 4) is 0 Å². The first-order valence-corrected chi connectivity index (χ1v) is 6.68. The van der Waals surface area contributed by atoms with Crippen LogP contribution in [0, 0.1) is 0 Å². The smallest absolute Gasteiger partial charge is 0.404 e. The lowest BCUT2D eigenvalue weighted by atomic mass is 10.1. The Morgan fingerprint density at radius 2 is 2.00 bits per heavy atom. The van der Waals surface area contributed by atoms with E-state index in [1.165, 1.54) is 0 Å². The summed E-state index contributed by atoms with van der Waals surface area (Å²) in [4.78, 5) is 10.2. The molecule has 1 aliphatic rings. The van der Waals surface area contributed by atoms with E-state index in [9.17, 15) is 13.2 Å². The fourth-order valence-electron chi connectivity index (χ4n) is 1.51. The van der Waals surface area contributed by atoms with Gasteiger partial charge in [-0.1, -0.05) is 0 Å². The molecule has 0 aromatic rings. The van der Waals surface area contributed by atoms with E-state index >= 15 is 0 Å². The Hall–Kier alpha value is -0.820. The van der Waals surface area contributed by atoms with E-state index in [4.69, 9.17) is 5.73 Å². The van der Waals surface area contributed by atoms with E-state index in [1.807, 2.05) is 0 Å². The quantitative estimate of drug-likeness (QED) is 0.626. The summed E-state index contributed by atoms with van der Waals surface area (Å²) < 4.78 is 26.7. The van der Waals surface area contributed by atoms with Crippen LogP contribution in [-0.2, 0) is 14.6 Å². The molecule has 0 atom stereocenters. The highest BCUT2D eigenvalue weighted by Crippen LogP contribution is 2.11. The maximum atomic E-state index is 11.1. The van der Waals surface area contributed by atoms with Gasteiger partial charge in [-0.15, -0.1) is 0 Å². The maximum absolute atomic E-state index is 11.1. The van der Waals surface area contributed by atoms with Crippen molar-refractivity contribution in [1.82, 2.24) is 5.32 Å². The normalized spacial score (nSPS) is 21.1. The predicted molar refractivity (Wildman–Crippen MR) is 55.2 cm³/mol. The number of ether oxygens (including phenoxy) is 1. The van der Waals surface area contributed by atoms with Crippen LogP contribution in [0.15, 0.2) is 0 Å². The molecule has 7 heteroatoms. The van der Waals surface area contributed by atoms with Gasteiger partial charge < -0.3 is 15.8 Å². The number of hydrogen-bond acceptors (Lipinski definition) is 5. The SMILES string of the molecule is NC(=O)OCCNC1CCS(=O)(=O)CC1. The van der Waals surface area contributed by atoms with Crippen molar-refractivity contribution < 1.29 is 17.9 Å². The second-order valence-corrected chi connectivity index (χ2v) is 5.85. The molecule has 1 aliphatic heterocycles. The first-order chi connectivity index (χ1) is 6.99. The van der Waals surface area contributed by atoms with Crippen LogP contribution in [0.2, 0.25) is 0 Å². The Morgan fingerprint density at radius 1 is 1.40 bits per heavy atom. The summed E-state index contributed by atoms with van der Waals surface area (Å²) in [7, 11) is -2.81. The van der Waals surface area contributed by atoms with Gasteiger partial charge in [-0.3, -0.25) is 0 Å². The molecule has 0 aromatic carbocycles. The molecular weight excluding hydrogens is 220 g/mol. The monoisotopic (exact) mass is 236 g/mol. The van der Waals surface area contributed by atoms with Gasteiger partial charge in [0.1, 0.15) is 16.4 Å². The molecule has 3 N–H and O–H groups in total. The molecule has 15 heavy (non-hydrogen) atoms. The van der Waals surface area contributed by atoms with Gasteiger partial charge in [-0.2, -0.15) is 0 Å². The highest BCUT2D eigenvalue weighted by Gasteiger charge is 2.22. The molecule has 0 aromatic heterocycles. The fourth-order valence-corrected chi connectivity index (χ4v) is 3.00. The molecule has 1 saturated heterocycles. The van der Waals surface area contributed by atoms with Crippen LogP contribution in [0.3, 0.4) is 0 Å². The van der Waals surface area contributed by atoms with Crippen molar-refractivity contribution in [3.63, 3.8) is 0 Å². The third-order valence-corrected chi connectivity index (χ3v) is 4.05. The van der Waals surface area contributed by atoms with Crippen LogP contribution >= 0.6 is 0 Å². The summed E-state index contributed by atoms with van der Waals surface area (Å²) in [5.74, 6) is 0.475. The first kappa shape index (κ1) is 12.3. The number of primary amides is 1. The molecular formula is C8H16N2O4S. The molecule has 1 amide bonds. The molecule has 1 rings (SSSR count). The highest BCUT2D eigenvalue weighted by atomic mass is 32.2. The van der Waals surface area contributed by atoms with Gasteiger partial charge in [-0.05, 0) is 12.8 Å². The minimum absolute atomic E-state index is 0.199. The molecule has 0 radical (unpaired) electrons. The largest absolute Gasteiger partial charge is 0.448 e. The van der Waals surface area contributed by atoms with Crippen LogP contribution in [0.25, 0.3) is 0 Å². The summed E-state index contributed by atoms with van der Waals surface area (Å²) in [5, 5.41) is 3.12. The molecule has 6 nitrogen and oxygen atoms in total. The number of nitrogens with two attached hydrogens (primary N) is 1. The molecule has 0 unspecified atom stereocenters. The topological polar surface area (TPSA) is 98.5 Å². The average molecular weight is 236 g/mol. The maximum Gasteiger partial charge on any atom is 0.404 e. The third-order valence-electron chi connectivity index (χ3n) is 2.33. The average Bonchev–Trinajstić information content (AvgIpc) is 2.14. The highest BCUT2D eigenvalue weighted by molar-refractivity contribution is 7.91. The van der Waals surface area contributed by atoms with E-state index in [0.717, 1.165) is 0 Å². The van der Waals surface area contributed by atoms with Crippen LogP contribution < -0.4 is 11.1 Å². The predicted octanol–water partition coefficient (Wildman–Crippen LogP) is -0.751. The van der Waals surface area contributed by atoms with Gasteiger partial charge in [-0.25, -0.2) is 13.2 Å². The number of amides is 1. The zero-order valence-electron chi connectivity index (χ0n) is 8.44. The van der Waals surface area contributed by atoms with Crippen LogP contribution in [0.4, 0.5) is 4.79 Å². The Kier molecular flexibility index (Phi) is 4.34. The van der Waals surface area contributed by atoms with Crippen LogP contribution in [0.5, 0.6) is 0 Å². The van der Waals surface area contributed by atoms with Crippen LogP contribution in [-0.4, -0.2) is 45.2 Å². The number of carbonyl (C=O) groups excluding carboxylic acids is 1. The molecule has 0 spiro atoms. The van der Waals surface area contributed by atoms with E-state index in [-0.39, 0.29) is 24.2 Å². The van der Waals surface area contributed by atoms with Crippen molar-refractivity contribution in [2.75, 3.05) is 24.7 Å². The fraction of sp³-hybridized carbons (Fsp3) is 0.875. The van der Waals surface area contributed by atoms with Gasteiger partial charge in [0.2, 0.25) is 0 Å². The molecule has 1 heterocycles. The van der Waals surface area contributed by atoms with Gasteiger partial charge in [0, 0.05) is 12.6 Å². The minimum Gasteiger partial charge on any atom is -0.448 e. The van der Waals surface area contributed by atoms with Crippen LogP contribution in [0.1, 0.15) is 12.8 Å². The van der Waals surface area contributed by atoms with Gasteiger partial charge in [0.15, 0.2) is 0 Å². The summed E-state index contributed by atoms with van der Waals surface area (Å²) in [6.45, 7) is 0.728. The van der Waals surface area contributed by atoms with E-state index < -0.39 is 15.9 Å². The van der Waals surface area contributed by atoms with E-state index in [1.54, 1.807) is 0 Å². The zero-order valence-corrected chi connectivity index (χ0v) is 9.26. The second-order valence-electron chi connectivity index (χ2n) is 3.55. The summed E-state index contributed by atoms with van der Waals surface area (Å²) in [6, 6.07) is 0.199. The number of rotatable bonds is 4. The number of carbonyl (C=O) groups is 1. The molecule has 0 saturated carbocycles. The zero-order chi connectivity index (χ0) is 11.3. The number of hydrogen-bond donors (Lipinski definition) is 2. The molecule has 88 valence electrons. The summed E-state index contributed by atoms with van der Waals surface area (Å²) in [6.07, 6.45) is 0.459. The lowest BCUT2D eigenvalue weighted by Crippen LogP contribution is -2.39. The lowest BCUT2D eigenvalue weighted by Gasteiger charge is -2.22. The van der Waals surface area contributed by atoms with E-state index in [0.29, 0.717) is 19.4 Å². The first-order valence-electron chi connectivity index (χ1n) is 4.86. The van der Waals surface area contributed by atoms with E-state index in [2.05, 4.69) is 10.1 Å². The Bertz CT molecular complexity index is 301. The summed E-state index contributed by atoms with van der Waals surface area (Å²) in [5.41, 5.74) is 4.78. The molecule has 0 aliphatic carbocycles. The second kappa shape index (κ2) is 5.32. The Morgan fingerprint density at radius 3 is 2.53 bits per heavy atom. The molecule has 1 fully saturated rings. The third kappa shape index (κ3) is 4.98. The lowest BCUT2D eigenvalue weighted by molar-refractivity contribution is 0.156. The van der Waals surface area contributed by atoms with Gasteiger partial charge in [0.05, 0.1) is 11.5 Å². The Balaban J connectivity index is 2.11. The van der Waals surface area contributed by atoms with Gasteiger partial charge >= 0.3 is 6.09 Å². The van der Waals surface area contributed by atoms with Gasteiger partial charge in [0.25, 0.3) is 0 Å². The number of sulfone groups is 1. The minimum atomic E-state index is -2.81. The number of nitrogens with one attached hydrogen (secondary N) is 1. The van der Waals surface area contributed by atoms with Crippen molar-refractivity contribution in [2.24, 2.45) is 5.73 Å². The van der Waals surface area contributed by atoms with Crippen molar-refractivity contribution in [1.29, 1.82) is 0 Å². The summed E-state index contributed by atoms with van der Waals surface area (Å²) >= 11 is 0. The van der Waals surface area contributed by atoms with Crippen molar-refractivity contribution in [2.45, 2.75) is 18.9 Å². The Labute approximate surface area is 89.1 Å². The molecule has 0 bridgehead atoms. The standard InChI is InChI=1S/C8H16N2O4S/c9-8(11)14-4-3-10-7-1-5-15(12,13)6-2-7/h7,10H,1-6H2,(H2,9,11). The van der Waals surface area contributed by atoms with Crippen molar-refractivity contribution >= 4 is 15.9 Å². The van der Waals surface area contributed by atoms with Crippen molar-refractivity contribution in [3.05, 3.63) is 0 Å².